The first kappa shape index (κ1) is 14.5. The summed E-state index contributed by atoms with van der Waals surface area (Å²) in [6, 6.07) is 5.25. The van der Waals surface area contributed by atoms with Crippen LogP contribution in [0.5, 0.6) is 0 Å². The molecule has 0 radical (unpaired) electrons. The fourth-order valence-corrected chi connectivity index (χ4v) is 2.33. The van der Waals surface area contributed by atoms with Crippen molar-refractivity contribution in [3.63, 3.8) is 0 Å². The van der Waals surface area contributed by atoms with Gasteiger partial charge in [-0.15, -0.1) is 0 Å². The second-order valence-electron chi connectivity index (χ2n) is 5.99. The van der Waals surface area contributed by atoms with Crippen molar-refractivity contribution in [3.8, 4) is 6.07 Å². The molecule has 1 aromatic rings. The summed E-state index contributed by atoms with van der Waals surface area (Å²) in [4.78, 5) is 20.6. The lowest BCUT2D eigenvalue weighted by atomic mass is 10.0. The molecule has 106 valence electrons. The van der Waals surface area contributed by atoms with Crippen molar-refractivity contribution >= 4 is 5.91 Å². The summed E-state index contributed by atoms with van der Waals surface area (Å²) < 4.78 is 0. The van der Waals surface area contributed by atoms with Gasteiger partial charge in [-0.1, -0.05) is 0 Å². The highest BCUT2D eigenvalue weighted by Gasteiger charge is 2.28. The monoisotopic (exact) mass is 272 g/mol. The Labute approximate surface area is 119 Å². The molecule has 1 saturated heterocycles. The van der Waals surface area contributed by atoms with Gasteiger partial charge in [-0.3, -0.25) is 9.69 Å². The number of piperazine rings is 1. The maximum absolute atomic E-state index is 12.3. The number of aromatic nitrogens is 1. The molecule has 0 saturated carbocycles. The number of pyridine rings is 1. The summed E-state index contributed by atoms with van der Waals surface area (Å²) in [6.07, 6.45) is 1.44. The van der Waals surface area contributed by atoms with E-state index in [0.29, 0.717) is 11.3 Å². The number of nitrogens with zero attached hydrogens (tertiary/aromatic N) is 4. The summed E-state index contributed by atoms with van der Waals surface area (Å²) in [5.74, 6) is -0.0527. The average molecular weight is 272 g/mol. The zero-order valence-electron chi connectivity index (χ0n) is 12.3. The van der Waals surface area contributed by atoms with Crippen LogP contribution in [0.1, 0.15) is 36.8 Å². The van der Waals surface area contributed by atoms with E-state index in [4.69, 9.17) is 5.26 Å². The Morgan fingerprint density at radius 1 is 1.25 bits per heavy atom. The highest BCUT2D eigenvalue weighted by Crippen LogP contribution is 2.16. The molecule has 1 aliphatic heterocycles. The lowest BCUT2D eigenvalue weighted by molar-refractivity contribution is 0.0447. The third-order valence-corrected chi connectivity index (χ3v) is 3.63. The van der Waals surface area contributed by atoms with Gasteiger partial charge in [0, 0.05) is 37.9 Å². The number of nitriles is 1. The van der Waals surface area contributed by atoms with E-state index in [1.54, 1.807) is 12.1 Å². The fraction of sp³-hybridized carbons (Fsp3) is 0.533. The molecule has 0 bridgehead atoms. The van der Waals surface area contributed by atoms with Crippen molar-refractivity contribution in [1.82, 2.24) is 14.8 Å². The molecule has 0 N–H and O–H groups in total. The first-order valence-electron chi connectivity index (χ1n) is 6.82. The SMILES string of the molecule is CC(C)(C)N1CCN(C(=O)c2ccc(C#N)cn2)CC1. The van der Waals surface area contributed by atoms with E-state index in [1.807, 2.05) is 11.0 Å². The maximum atomic E-state index is 12.3. The largest absolute Gasteiger partial charge is 0.335 e. The highest BCUT2D eigenvalue weighted by molar-refractivity contribution is 5.92. The first-order valence-corrected chi connectivity index (χ1v) is 6.82. The maximum Gasteiger partial charge on any atom is 0.272 e. The Balaban J connectivity index is 1.99. The van der Waals surface area contributed by atoms with E-state index in [2.05, 4.69) is 30.7 Å². The van der Waals surface area contributed by atoms with E-state index < -0.39 is 0 Å². The quantitative estimate of drug-likeness (QED) is 0.777. The van der Waals surface area contributed by atoms with Crippen molar-refractivity contribution in [2.24, 2.45) is 0 Å². The van der Waals surface area contributed by atoms with Crippen LogP contribution in [0.15, 0.2) is 18.3 Å². The smallest absolute Gasteiger partial charge is 0.272 e. The molecule has 0 unspecified atom stereocenters. The second-order valence-corrected chi connectivity index (χ2v) is 5.99. The van der Waals surface area contributed by atoms with E-state index >= 15 is 0 Å². The molecular weight excluding hydrogens is 252 g/mol. The minimum absolute atomic E-state index is 0.0527. The average Bonchev–Trinajstić information content (AvgIpc) is 2.46. The van der Waals surface area contributed by atoms with Gasteiger partial charge in [0.25, 0.3) is 5.91 Å². The first-order chi connectivity index (χ1) is 9.41. The van der Waals surface area contributed by atoms with Crippen LogP contribution in [0.4, 0.5) is 0 Å². The molecule has 5 nitrogen and oxygen atoms in total. The van der Waals surface area contributed by atoms with Crippen LogP contribution < -0.4 is 0 Å². The predicted molar refractivity (Wildman–Crippen MR) is 76.2 cm³/mol. The number of hydrogen-bond acceptors (Lipinski definition) is 4. The molecule has 1 fully saturated rings. The van der Waals surface area contributed by atoms with Crippen LogP contribution in [0, 0.1) is 11.3 Å². The van der Waals surface area contributed by atoms with Gasteiger partial charge < -0.3 is 4.90 Å². The van der Waals surface area contributed by atoms with Crippen LogP contribution >= 0.6 is 0 Å². The van der Waals surface area contributed by atoms with Crippen LogP contribution in [-0.2, 0) is 0 Å². The zero-order chi connectivity index (χ0) is 14.8. The van der Waals surface area contributed by atoms with Gasteiger partial charge in [-0.05, 0) is 32.9 Å². The van der Waals surface area contributed by atoms with Gasteiger partial charge in [0.15, 0.2) is 0 Å². The minimum Gasteiger partial charge on any atom is -0.335 e. The normalized spacial score (nSPS) is 16.8. The van der Waals surface area contributed by atoms with Crippen LogP contribution in [0.25, 0.3) is 0 Å². The molecule has 2 heterocycles. The third-order valence-electron chi connectivity index (χ3n) is 3.63. The van der Waals surface area contributed by atoms with Gasteiger partial charge in [-0.2, -0.15) is 5.26 Å². The number of amides is 1. The summed E-state index contributed by atoms with van der Waals surface area (Å²) >= 11 is 0. The number of carbonyl (C=O) groups is 1. The summed E-state index contributed by atoms with van der Waals surface area (Å²) in [5.41, 5.74) is 1.02. The number of carbonyl (C=O) groups excluding carboxylic acids is 1. The van der Waals surface area contributed by atoms with Gasteiger partial charge in [0.2, 0.25) is 0 Å². The van der Waals surface area contributed by atoms with Crippen molar-refractivity contribution in [2.75, 3.05) is 26.2 Å². The lowest BCUT2D eigenvalue weighted by Gasteiger charge is -2.42. The molecule has 0 spiro atoms. The molecule has 2 rings (SSSR count). The molecule has 1 aliphatic rings. The van der Waals surface area contributed by atoms with Gasteiger partial charge in [-0.25, -0.2) is 4.98 Å². The van der Waals surface area contributed by atoms with Crippen molar-refractivity contribution in [2.45, 2.75) is 26.3 Å². The topological polar surface area (TPSA) is 60.2 Å². The van der Waals surface area contributed by atoms with Crippen molar-refractivity contribution in [3.05, 3.63) is 29.6 Å². The Hall–Kier alpha value is -1.93. The van der Waals surface area contributed by atoms with E-state index in [9.17, 15) is 4.79 Å². The fourth-order valence-electron chi connectivity index (χ4n) is 2.33. The van der Waals surface area contributed by atoms with Gasteiger partial charge in [0.05, 0.1) is 5.56 Å². The third kappa shape index (κ3) is 3.14. The number of hydrogen-bond donors (Lipinski definition) is 0. The summed E-state index contributed by atoms with van der Waals surface area (Å²) in [7, 11) is 0. The number of rotatable bonds is 1. The van der Waals surface area contributed by atoms with Crippen LogP contribution in [0.2, 0.25) is 0 Å². The molecule has 0 atom stereocenters. The van der Waals surface area contributed by atoms with E-state index in [0.717, 1.165) is 26.2 Å². The minimum atomic E-state index is -0.0527. The molecule has 20 heavy (non-hydrogen) atoms. The Bertz CT molecular complexity index is 516. The Kier molecular flexibility index (Phi) is 4.05. The molecule has 5 heteroatoms. The Morgan fingerprint density at radius 2 is 1.90 bits per heavy atom. The van der Waals surface area contributed by atoms with Crippen molar-refractivity contribution in [1.29, 1.82) is 5.26 Å². The zero-order valence-corrected chi connectivity index (χ0v) is 12.3. The lowest BCUT2D eigenvalue weighted by Crippen LogP contribution is -2.54. The molecular formula is C15H20N4O. The standard InChI is InChI=1S/C15H20N4O/c1-15(2,3)19-8-6-18(7-9-19)14(20)13-5-4-12(10-16)11-17-13/h4-5,11H,6-9H2,1-3H3. The summed E-state index contributed by atoms with van der Waals surface area (Å²) in [5, 5.41) is 8.73. The van der Waals surface area contributed by atoms with Gasteiger partial charge in [0.1, 0.15) is 11.8 Å². The van der Waals surface area contributed by atoms with E-state index in [1.165, 1.54) is 6.20 Å². The second kappa shape index (κ2) is 5.59. The van der Waals surface area contributed by atoms with Crippen LogP contribution in [0.3, 0.4) is 0 Å². The predicted octanol–water partition coefficient (Wildman–Crippen LogP) is 1.51. The molecule has 1 amide bonds. The molecule has 0 aromatic carbocycles. The highest BCUT2D eigenvalue weighted by atomic mass is 16.2. The molecule has 1 aromatic heterocycles. The molecule has 0 aliphatic carbocycles. The van der Waals surface area contributed by atoms with Crippen molar-refractivity contribution < 1.29 is 4.79 Å². The van der Waals surface area contributed by atoms with E-state index in [-0.39, 0.29) is 11.4 Å². The Morgan fingerprint density at radius 3 is 2.35 bits per heavy atom. The van der Waals surface area contributed by atoms with Crippen LogP contribution in [-0.4, -0.2) is 52.4 Å². The van der Waals surface area contributed by atoms with Gasteiger partial charge >= 0.3 is 0 Å². The summed E-state index contributed by atoms with van der Waals surface area (Å²) in [6.45, 7) is 9.76.